The molecule has 1 aromatic heterocycles. The maximum absolute atomic E-state index is 13.5. The highest BCUT2D eigenvalue weighted by Crippen LogP contribution is 2.40. The topological polar surface area (TPSA) is 44.9 Å². The van der Waals surface area contributed by atoms with E-state index < -0.39 is 17.6 Å². The number of H-pyrrole nitrogens is 1. The van der Waals surface area contributed by atoms with E-state index in [9.17, 15) is 18.0 Å². The van der Waals surface area contributed by atoms with Crippen LogP contribution < -0.4 is 5.32 Å². The minimum absolute atomic E-state index is 0.122. The van der Waals surface area contributed by atoms with Gasteiger partial charge in [0.25, 0.3) is 5.91 Å². The maximum atomic E-state index is 13.5. The van der Waals surface area contributed by atoms with E-state index in [1.165, 1.54) is 12.3 Å². The van der Waals surface area contributed by atoms with Crippen molar-refractivity contribution < 1.29 is 18.0 Å². The van der Waals surface area contributed by atoms with E-state index >= 15 is 0 Å². The van der Waals surface area contributed by atoms with Crippen molar-refractivity contribution in [2.24, 2.45) is 11.8 Å². The number of aromatic amines is 1. The van der Waals surface area contributed by atoms with Gasteiger partial charge < -0.3 is 10.3 Å². The summed E-state index contributed by atoms with van der Waals surface area (Å²) in [7, 11) is 0. The Balaban J connectivity index is 1.88. The van der Waals surface area contributed by atoms with Crippen molar-refractivity contribution in [3.63, 3.8) is 0 Å². The van der Waals surface area contributed by atoms with Crippen LogP contribution in [0.1, 0.15) is 48.5 Å². The van der Waals surface area contributed by atoms with Crippen molar-refractivity contribution in [1.82, 2.24) is 10.3 Å². The molecule has 2 N–H and O–H groups in total. The van der Waals surface area contributed by atoms with E-state index in [-0.39, 0.29) is 15.6 Å². The molecule has 25 heavy (non-hydrogen) atoms. The number of nitrogens with one attached hydrogen (secondary N) is 2. The summed E-state index contributed by atoms with van der Waals surface area (Å²) < 4.78 is 40.4. The van der Waals surface area contributed by atoms with Crippen LogP contribution in [0.5, 0.6) is 0 Å². The molecule has 0 aliphatic heterocycles. The van der Waals surface area contributed by atoms with Gasteiger partial charge in [-0.2, -0.15) is 13.2 Å². The number of carbonyl (C=O) groups excluding carboxylic acids is 1. The van der Waals surface area contributed by atoms with Gasteiger partial charge in [0.05, 0.1) is 16.6 Å². The Bertz CT molecular complexity index is 776. The van der Waals surface area contributed by atoms with Crippen molar-refractivity contribution in [2.45, 2.75) is 38.8 Å². The molecule has 2 aromatic rings. The van der Waals surface area contributed by atoms with Crippen LogP contribution in [0.3, 0.4) is 0 Å². The molecule has 7 heteroatoms. The molecule has 1 aromatic carbocycles. The van der Waals surface area contributed by atoms with E-state index in [4.69, 9.17) is 0 Å². The molecule has 0 bridgehead atoms. The molecular weight excluding hydrogens is 397 g/mol. The number of rotatable bonds is 3. The lowest BCUT2D eigenvalue weighted by Gasteiger charge is -2.26. The molecule has 1 amide bonds. The lowest BCUT2D eigenvalue weighted by atomic mass is 9.83. The van der Waals surface area contributed by atoms with Gasteiger partial charge in [-0.05, 0) is 36.8 Å². The lowest BCUT2D eigenvalue weighted by Crippen LogP contribution is -2.32. The number of fused-ring (bicyclic) bond motifs is 1. The Kier molecular flexibility index (Phi) is 5.14. The Morgan fingerprint density at radius 3 is 2.64 bits per heavy atom. The van der Waals surface area contributed by atoms with Gasteiger partial charge in [-0.15, -0.1) is 0 Å². The third-order valence-corrected chi connectivity index (χ3v) is 5.62. The predicted molar refractivity (Wildman–Crippen MR) is 94.5 cm³/mol. The number of benzene rings is 1. The summed E-state index contributed by atoms with van der Waals surface area (Å²) in [5, 5.41) is 3.29. The molecule has 3 nitrogen and oxygen atoms in total. The van der Waals surface area contributed by atoms with E-state index in [1.54, 1.807) is 6.07 Å². The second-order valence-corrected chi connectivity index (χ2v) is 7.74. The third-order valence-electron chi connectivity index (χ3n) is 5.00. The van der Waals surface area contributed by atoms with Gasteiger partial charge in [-0.25, -0.2) is 0 Å². The largest absolute Gasteiger partial charge is 0.418 e. The van der Waals surface area contributed by atoms with E-state index in [1.807, 2.05) is 0 Å². The minimum atomic E-state index is -4.62. The van der Waals surface area contributed by atoms with Crippen molar-refractivity contribution in [3.05, 3.63) is 33.9 Å². The van der Waals surface area contributed by atoms with Crippen molar-refractivity contribution in [2.75, 3.05) is 6.54 Å². The molecule has 0 radical (unpaired) electrons. The summed E-state index contributed by atoms with van der Waals surface area (Å²) in [5.74, 6) is 0.341. The van der Waals surface area contributed by atoms with Gasteiger partial charge in [0.2, 0.25) is 0 Å². The van der Waals surface area contributed by atoms with Crippen LogP contribution in [0.4, 0.5) is 13.2 Å². The average Bonchev–Trinajstić information content (AvgIpc) is 2.99. The number of amides is 1. The van der Waals surface area contributed by atoms with E-state index in [0.717, 1.165) is 25.7 Å². The second-order valence-electron chi connectivity index (χ2n) is 6.88. The summed E-state index contributed by atoms with van der Waals surface area (Å²) in [5.41, 5.74) is -1.06. The number of hydrogen-bond donors (Lipinski definition) is 2. The zero-order valence-electron chi connectivity index (χ0n) is 13.8. The molecule has 3 rings (SSSR count). The summed E-state index contributed by atoms with van der Waals surface area (Å²) in [6.07, 6.45) is 1.13. The minimum Gasteiger partial charge on any atom is -0.361 e. The molecule has 136 valence electrons. The van der Waals surface area contributed by atoms with Gasteiger partial charge in [-0.3, -0.25) is 4.79 Å². The fraction of sp³-hybridized carbons (Fsp3) is 0.500. The fourth-order valence-electron chi connectivity index (χ4n) is 3.53. The Labute approximate surface area is 152 Å². The van der Waals surface area contributed by atoms with Crippen LogP contribution in [0.2, 0.25) is 0 Å². The number of halogens is 4. The number of aromatic nitrogens is 1. The first-order valence-electron chi connectivity index (χ1n) is 8.42. The number of alkyl halides is 3. The molecule has 0 atom stereocenters. The van der Waals surface area contributed by atoms with Crippen molar-refractivity contribution >= 4 is 32.7 Å². The highest BCUT2D eigenvalue weighted by Gasteiger charge is 2.39. The lowest BCUT2D eigenvalue weighted by molar-refractivity contribution is -0.138. The normalized spacial score (nSPS) is 21.5. The second kappa shape index (κ2) is 7.02. The van der Waals surface area contributed by atoms with E-state index in [2.05, 4.69) is 33.2 Å². The standard InChI is InChI=1S/C18H20BrF3N2O/c1-10-2-4-11(5-3-10)9-24-17(25)14-15(18(20,21)22)13(19)8-12-6-7-23-16(12)14/h6-8,10-11,23H,2-5,9H2,1H3,(H,24,25). The first-order valence-corrected chi connectivity index (χ1v) is 9.21. The van der Waals surface area contributed by atoms with Crippen LogP contribution in [0.25, 0.3) is 10.9 Å². The molecule has 0 saturated heterocycles. The smallest absolute Gasteiger partial charge is 0.361 e. The Morgan fingerprint density at radius 2 is 2.00 bits per heavy atom. The zero-order valence-corrected chi connectivity index (χ0v) is 15.4. The summed E-state index contributed by atoms with van der Waals surface area (Å²) in [6.45, 7) is 2.62. The van der Waals surface area contributed by atoms with Gasteiger partial charge in [0.15, 0.2) is 0 Å². The maximum Gasteiger partial charge on any atom is 0.418 e. The first kappa shape index (κ1) is 18.3. The molecule has 1 aliphatic rings. The van der Waals surface area contributed by atoms with Gasteiger partial charge in [0, 0.05) is 22.6 Å². The van der Waals surface area contributed by atoms with Gasteiger partial charge in [0.1, 0.15) is 0 Å². The van der Waals surface area contributed by atoms with Gasteiger partial charge in [-0.1, -0.05) is 35.7 Å². The highest BCUT2D eigenvalue weighted by atomic mass is 79.9. The monoisotopic (exact) mass is 416 g/mol. The van der Waals surface area contributed by atoms with Gasteiger partial charge >= 0.3 is 6.18 Å². The highest BCUT2D eigenvalue weighted by molar-refractivity contribution is 9.10. The summed E-state index contributed by atoms with van der Waals surface area (Å²) in [6, 6.07) is 3.04. The summed E-state index contributed by atoms with van der Waals surface area (Å²) in [4.78, 5) is 15.4. The number of carbonyl (C=O) groups is 1. The molecule has 1 saturated carbocycles. The third kappa shape index (κ3) is 3.86. The SMILES string of the molecule is CC1CCC(CNC(=O)c2c(C(F)(F)F)c(Br)cc3cc[nH]c23)CC1. The van der Waals surface area contributed by atoms with Crippen molar-refractivity contribution in [3.8, 4) is 0 Å². The fourth-order valence-corrected chi connectivity index (χ4v) is 4.20. The van der Waals surface area contributed by atoms with Crippen LogP contribution in [0.15, 0.2) is 22.8 Å². The quantitative estimate of drug-likeness (QED) is 0.680. The average molecular weight is 417 g/mol. The Hall–Kier alpha value is -1.50. The Morgan fingerprint density at radius 1 is 1.32 bits per heavy atom. The van der Waals surface area contributed by atoms with Crippen molar-refractivity contribution in [1.29, 1.82) is 0 Å². The van der Waals surface area contributed by atoms with Crippen LogP contribution in [0, 0.1) is 11.8 Å². The molecule has 0 unspecified atom stereocenters. The summed E-state index contributed by atoms with van der Waals surface area (Å²) >= 11 is 2.98. The molecule has 1 aliphatic carbocycles. The first-order chi connectivity index (χ1) is 11.8. The van der Waals surface area contributed by atoms with Crippen LogP contribution in [-0.4, -0.2) is 17.4 Å². The number of hydrogen-bond acceptors (Lipinski definition) is 1. The zero-order chi connectivity index (χ0) is 18.2. The molecule has 1 fully saturated rings. The van der Waals surface area contributed by atoms with Crippen LogP contribution >= 0.6 is 15.9 Å². The predicted octanol–water partition coefficient (Wildman–Crippen LogP) is 5.51. The molecular formula is C18H20BrF3N2O. The van der Waals surface area contributed by atoms with Crippen LogP contribution in [-0.2, 0) is 6.18 Å². The van der Waals surface area contributed by atoms with E-state index in [0.29, 0.717) is 23.8 Å². The molecule has 1 heterocycles. The molecule has 0 spiro atoms.